The molecule has 0 amide bonds. The summed E-state index contributed by atoms with van der Waals surface area (Å²) in [7, 11) is 0. The van der Waals surface area contributed by atoms with Gasteiger partial charge in [-0.05, 0) is 18.2 Å². The summed E-state index contributed by atoms with van der Waals surface area (Å²) < 4.78 is 80.4. The molecule has 4 aromatic rings. The van der Waals surface area contributed by atoms with Gasteiger partial charge in [0.2, 0.25) is 0 Å². The summed E-state index contributed by atoms with van der Waals surface area (Å²) in [5.74, 6) is 0. The second-order valence-electron chi connectivity index (χ2n) is 5.84. The number of fused-ring (bicyclic) bond motifs is 3. The minimum Gasteiger partial charge on any atom is -0.283 e. The molecule has 0 aliphatic rings. The lowest BCUT2D eigenvalue weighted by atomic mass is 10.1. The zero-order chi connectivity index (χ0) is 19.4. The highest BCUT2D eigenvalue weighted by Crippen LogP contribution is 2.38. The summed E-state index contributed by atoms with van der Waals surface area (Å²) in [6.45, 7) is 0. The smallest absolute Gasteiger partial charge is 0.283 e. The molecule has 0 unspecified atom stereocenters. The van der Waals surface area contributed by atoms with E-state index >= 15 is 0 Å². The molecule has 0 fully saturated rings. The van der Waals surface area contributed by atoms with Gasteiger partial charge in [0.15, 0.2) is 0 Å². The average Bonchev–Trinajstić information content (AvgIpc) is 3.04. The fraction of sp³-hybridized carbons (Fsp3) is 0.111. The lowest BCUT2D eigenvalue weighted by molar-refractivity contribution is -0.144. The maximum absolute atomic E-state index is 13.3. The molecule has 3 nitrogen and oxygen atoms in total. The third-order valence-electron chi connectivity index (χ3n) is 4.06. The number of alkyl halides is 6. The van der Waals surface area contributed by atoms with E-state index in [1.807, 2.05) is 0 Å². The Labute approximate surface area is 147 Å². The summed E-state index contributed by atoms with van der Waals surface area (Å²) in [4.78, 5) is 7.73. The highest BCUT2D eigenvalue weighted by atomic mass is 19.4. The highest BCUT2D eigenvalue weighted by Gasteiger charge is 2.39. The predicted molar refractivity (Wildman–Crippen MR) is 85.9 cm³/mol. The van der Waals surface area contributed by atoms with Gasteiger partial charge in [0.25, 0.3) is 0 Å². The first-order valence-electron chi connectivity index (χ1n) is 7.67. The maximum atomic E-state index is 13.3. The molecule has 3 aromatic heterocycles. The summed E-state index contributed by atoms with van der Waals surface area (Å²) in [5.41, 5.74) is -2.17. The van der Waals surface area contributed by atoms with Crippen LogP contribution in [0.4, 0.5) is 26.3 Å². The molecule has 1 aromatic carbocycles. The van der Waals surface area contributed by atoms with Crippen LogP contribution in [0, 0.1) is 0 Å². The van der Waals surface area contributed by atoms with E-state index in [9.17, 15) is 26.3 Å². The SMILES string of the molecule is FC(F)(F)c1cc(C(F)(F)F)c2ccc3nc(-c4ccccc4)cn3c2n1. The molecule has 0 atom stereocenters. The van der Waals surface area contributed by atoms with Crippen molar-refractivity contribution in [1.82, 2.24) is 14.4 Å². The number of rotatable bonds is 1. The Balaban J connectivity index is 2.07. The maximum Gasteiger partial charge on any atom is 0.433 e. The molecule has 0 aliphatic carbocycles. The largest absolute Gasteiger partial charge is 0.433 e. The molecule has 9 heteroatoms. The Morgan fingerprint density at radius 2 is 1.48 bits per heavy atom. The van der Waals surface area contributed by atoms with E-state index in [1.165, 1.54) is 12.3 Å². The van der Waals surface area contributed by atoms with Crippen molar-refractivity contribution in [2.45, 2.75) is 12.4 Å². The topological polar surface area (TPSA) is 30.2 Å². The summed E-state index contributed by atoms with van der Waals surface area (Å²) >= 11 is 0. The minimum atomic E-state index is -5.01. The van der Waals surface area contributed by atoms with Crippen LogP contribution < -0.4 is 0 Å². The van der Waals surface area contributed by atoms with Crippen molar-refractivity contribution in [3.63, 3.8) is 0 Å². The second kappa shape index (κ2) is 5.70. The van der Waals surface area contributed by atoms with E-state index < -0.39 is 34.6 Å². The van der Waals surface area contributed by atoms with Crippen molar-refractivity contribution >= 4 is 16.7 Å². The van der Waals surface area contributed by atoms with Gasteiger partial charge >= 0.3 is 12.4 Å². The lowest BCUT2D eigenvalue weighted by Crippen LogP contribution is -2.14. The molecule has 0 saturated heterocycles. The van der Waals surface area contributed by atoms with Gasteiger partial charge in [-0.1, -0.05) is 30.3 Å². The molecule has 0 radical (unpaired) electrons. The third kappa shape index (κ3) is 2.98. The van der Waals surface area contributed by atoms with E-state index in [-0.39, 0.29) is 11.7 Å². The number of nitrogens with zero attached hydrogens (tertiary/aromatic N) is 3. The Morgan fingerprint density at radius 3 is 2.11 bits per heavy atom. The zero-order valence-electron chi connectivity index (χ0n) is 13.3. The van der Waals surface area contributed by atoms with Crippen molar-refractivity contribution in [2.24, 2.45) is 0 Å². The van der Waals surface area contributed by atoms with Gasteiger partial charge in [-0.3, -0.25) is 4.40 Å². The molecule has 4 rings (SSSR count). The van der Waals surface area contributed by atoms with E-state index in [0.717, 1.165) is 10.5 Å². The number of hydrogen-bond donors (Lipinski definition) is 0. The van der Waals surface area contributed by atoms with Gasteiger partial charge in [-0.25, -0.2) is 9.97 Å². The highest BCUT2D eigenvalue weighted by molar-refractivity contribution is 5.83. The van der Waals surface area contributed by atoms with Gasteiger partial charge in [0.1, 0.15) is 17.0 Å². The summed E-state index contributed by atoms with van der Waals surface area (Å²) in [5, 5.41) is -0.431. The van der Waals surface area contributed by atoms with Crippen molar-refractivity contribution in [1.29, 1.82) is 0 Å². The van der Waals surface area contributed by atoms with Crippen LogP contribution in [0.5, 0.6) is 0 Å². The molecule has 27 heavy (non-hydrogen) atoms. The van der Waals surface area contributed by atoms with Gasteiger partial charge in [0.05, 0.1) is 11.3 Å². The number of halogens is 6. The first-order chi connectivity index (χ1) is 12.6. The number of aromatic nitrogens is 3. The Kier molecular flexibility index (Phi) is 3.66. The van der Waals surface area contributed by atoms with Crippen molar-refractivity contribution in [3.05, 3.63) is 66.0 Å². The number of hydrogen-bond acceptors (Lipinski definition) is 2. The van der Waals surface area contributed by atoms with Crippen molar-refractivity contribution < 1.29 is 26.3 Å². The Hall–Kier alpha value is -3.10. The molecule has 0 spiro atoms. The molecule has 0 N–H and O–H groups in total. The predicted octanol–water partition coefficient (Wildman–Crippen LogP) is 5.59. The molecule has 0 aliphatic heterocycles. The number of imidazole rings is 1. The summed E-state index contributed by atoms with van der Waals surface area (Å²) in [6.07, 6.45) is -8.60. The molecule has 0 bridgehead atoms. The van der Waals surface area contributed by atoms with Crippen LogP contribution in [0.1, 0.15) is 11.3 Å². The summed E-state index contributed by atoms with van der Waals surface area (Å²) in [6, 6.07) is 11.2. The first kappa shape index (κ1) is 17.3. The quantitative estimate of drug-likeness (QED) is 0.403. The van der Waals surface area contributed by atoms with E-state index in [4.69, 9.17) is 0 Å². The average molecular weight is 381 g/mol. The van der Waals surface area contributed by atoms with Crippen LogP contribution in [0.2, 0.25) is 0 Å². The molecular formula is C18H9F6N3. The second-order valence-corrected chi connectivity index (χ2v) is 5.84. The standard InChI is InChI=1S/C18H9F6N3/c19-17(20,21)12-8-14(18(22,23)24)26-16-11(12)6-7-15-25-13(9-27(15)16)10-4-2-1-3-5-10/h1-9H. The van der Waals surface area contributed by atoms with E-state index in [0.29, 0.717) is 11.3 Å². The minimum absolute atomic E-state index is 0.0310. The lowest BCUT2D eigenvalue weighted by Gasteiger charge is -2.14. The number of pyridine rings is 2. The number of benzene rings is 1. The Bertz CT molecular complexity index is 1140. The van der Waals surface area contributed by atoms with Crippen LogP contribution in [0.25, 0.3) is 27.9 Å². The van der Waals surface area contributed by atoms with E-state index in [2.05, 4.69) is 9.97 Å². The zero-order valence-corrected chi connectivity index (χ0v) is 13.3. The normalized spacial score (nSPS) is 12.8. The Morgan fingerprint density at radius 1 is 0.778 bits per heavy atom. The van der Waals surface area contributed by atoms with Gasteiger partial charge in [-0.15, -0.1) is 0 Å². The van der Waals surface area contributed by atoms with Crippen molar-refractivity contribution in [2.75, 3.05) is 0 Å². The van der Waals surface area contributed by atoms with Crippen LogP contribution in [0.15, 0.2) is 54.7 Å². The van der Waals surface area contributed by atoms with Crippen LogP contribution >= 0.6 is 0 Å². The van der Waals surface area contributed by atoms with Crippen molar-refractivity contribution in [3.8, 4) is 11.3 Å². The molecular weight excluding hydrogens is 372 g/mol. The van der Waals surface area contributed by atoms with Crippen LogP contribution in [-0.2, 0) is 12.4 Å². The third-order valence-corrected chi connectivity index (χ3v) is 4.06. The van der Waals surface area contributed by atoms with E-state index in [1.54, 1.807) is 30.3 Å². The first-order valence-corrected chi connectivity index (χ1v) is 7.67. The fourth-order valence-electron chi connectivity index (χ4n) is 2.86. The van der Waals surface area contributed by atoms with Gasteiger partial charge in [0, 0.05) is 17.1 Å². The molecule has 0 saturated carbocycles. The molecule has 3 heterocycles. The monoisotopic (exact) mass is 381 g/mol. The fourth-order valence-corrected chi connectivity index (χ4v) is 2.86. The van der Waals surface area contributed by atoms with Crippen LogP contribution in [-0.4, -0.2) is 14.4 Å². The van der Waals surface area contributed by atoms with Gasteiger partial charge < -0.3 is 0 Å². The molecule has 138 valence electrons. The van der Waals surface area contributed by atoms with Gasteiger partial charge in [-0.2, -0.15) is 26.3 Å². The van der Waals surface area contributed by atoms with Crippen LogP contribution in [0.3, 0.4) is 0 Å².